The van der Waals surface area contributed by atoms with Crippen molar-refractivity contribution in [3.8, 4) is 11.8 Å². The van der Waals surface area contributed by atoms with E-state index in [1.165, 1.54) is 4.90 Å². The molecule has 1 aromatic rings. The van der Waals surface area contributed by atoms with E-state index in [0.717, 1.165) is 16.5 Å². The summed E-state index contributed by atoms with van der Waals surface area (Å²) < 4.78 is 6.32. The Bertz CT molecular complexity index is 650. The molecule has 0 radical (unpaired) electrons. The Morgan fingerprint density at radius 1 is 1.26 bits per heavy atom. The minimum atomic E-state index is -0.573. The summed E-state index contributed by atoms with van der Waals surface area (Å²) in [5.41, 5.74) is 0.194. The Labute approximate surface area is 145 Å². The fourth-order valence-electron chi connectivity index (χ4n) is 2.33. The van der Waals surface area contributed by atoms with Crippen LogP contribution in [0.2, 0.25) is 0 Å². The van der Waals surface area contributed by atoms with Gasteiger partial charge in [-0.25, -0.2) is 4.79 Å². The summed E-state index contributed by atoms with van der Waals surface area (Å²) in [5.74, 6) is 5.27. The number of likely N-dealkylation sites (tertiary alicyclic amines) is 1. The largest absolute Gasteiger partial charge is 0.444 e. The van der Waals surface area contributed by atoms with Crippen LogP contribution in [0.25, 0.3) is 0 Å². The number of benzene rings is 1. The molecular formula is C18H20BrNO3. The maximum absolute atomic E-state index is 12.3. The van der Waals surface area contributed by atoms with Crippen molar-refractivity contribution >= 4 is 27.8 Å². The molecule has 0 saturated carbocycles. The van der Waals surface area contributed by atoms with Crippen LogP contribution in [0.4, 0.5) is 4.79 Å². The molecule has 5 heteroatoms. The number of ether oxygens (including phenoxy) is 1. The fourth-order valence-corrected chi connectivity index (χ4v) is 2.59. The summed E-state index contributed by atoms with van der Waals surface area (Å²) in [6.07, 6.45) is 0.974. The molecule has 1 aliphatic heterocycles. The molecule has 1 amide bonds. The number of carbonyl (C=O) groups excluding carboxylic acids is 2. The zero-order chi connectivity index (χ0) is 17.0. The molecule has 23 heavy (non-hydrogen) atoms. The standard InChI is InChI=1S/C18H20BrNO3/c1-18(2,3)23-17(22)20-12-4-5-15(20)16(21)11-8-13-6-9-14(19)10-7-13/h6-7,9-10,15H,4-5,12H2,1-3H3. The Balaban J connectivity index is 2.06. The van der Waals surface area contributed by atoms with Crippen LogP contribution in [-0.4, -0.2) is 35.0 Å². The molecule has 1 atom stereocenters. The molecule has 1 aliphatic rings. The smallest absolute Gasteiger partial charge is 0.410 e. The number of carbonyl (C=O) groups is 2. The lowest BCUT2D eigenvalue weighted by Crippen LogP contribution is -2.43. The number of hydrogen-bond donors (Lipinski definition) is 0. The molecule has 0 aliphatic carbocycles. The molecule has 122 valence electrons. The maximum atomic E-state index is 12.3. The molecule has 1 fully saturated rings. The predicted octanol–water partition coefficient (Wildman–Crippen LogP) is 3.77. The van der Waals surface area contributed by atoms with Gasteiger partial charge in [-0.2, -0.15) is 0 Å². The lowest BCUT2D eigenvalue weighted by Gasteiger charge is -2.27. The van der Waals surface area contributed by atoms with E-state index in [-0.39, 0.29) is 5.78 Å². The third-order valence-corrected chi connectivity index (χ3v) is 3.89. The molecule has 4 nitrogen and oxygen atoms in total. The molecule has 0 N–H and O–H groups in total. The van der Waals surface area contributed by atoms with E-state index in [2.05, 4.69) is 27.8 Å². The van der Waals surface area contributed by atoms with Gasteiger partial charge in [-0.05, 0) is 63.8 Å². The van der Waals surface area contributed by atoms with Crippen LogP contribution in [0.3, 0.4) is 0 Å². The van der Waals surface area contributed by atoms with Crippen molar-refractivity contribution in [1.82, 2.24) is 4.90 Å². The van der Waals surface area contributed by atoms with Gasteiger partial charge in [-0.3, -0.25) is 9.69 Å². The summed E-state index contributed by atoms with van der Waals surface area (Å²) in [7, 11) is 0. The molecule has 2 rings (SSSR count). The second-order valence-corrected chi connectivity index (χ2v) is 7.37. The predicted molar refractivity (Wildman–Crippen MR) is 92.0 cm³/mol. The van der Waals surface area contributed by atoms with E-state index in [1.807, 2.05) is 45.0 Å². The second-order valence-electron chi connectivity index (χ2n) is 6.45. The lowest BCUT2D eigenvalue weighted by atomic mass is 10.1. The van der Waals surface area contributed by atoms with Gasteiger partial charge >= 0.3 is 6.09 Å². The van der Waals surface area contributed by atoms with E-state index in [4.69, 9.17) is 4.74 Å². The van der Waals surface area contributed by atoms with Crippen LogP contribution in [0.1, 0.15) is 39.2 Å². The van der Waals surface area contributed by atoms with Crippen molar-refractivity contribution in [2.45, 2.75) is 45.3 Å². The molecule has 1 heterocycles. The average molecular weight is 378 g/mol. The Morgan fingerprint density at radius 2 is 1.91 bits per heavy atom. The first-order chi connectivity index (χ1) is 10.8. The van der Waals surface area contributed by atoms with Crippen LogP contribution in [-0.2, 0) is 9.53 Å². The van der Waals surface area contributed by atoms with Gasteiger partial charge in [0.05, 0.1) is 0 Å². The van der Waals surface area contributed by atoms with Gasteiger partial charge in [0.1, 0.15) is 11.6 Å². The van der Waals surface area contributed by atoms with Gasteiger partial charge in [0, 0.05) is 16.6 Å². The highest BCUT2D eigenvalue weighted by Crippen LogP contribution is 2.21. The molecule has 0 bridgehead atoms. The number of Topliss-reactive ketones (excluding diaryl/α,β-unsaturated/α-hetero) is 1. The number of hydrogen-bond acceptors (Lipinski definition) is 3. The molecule has 1 aromatic carbocycles. The minimum Gasteiger partial charge on any atom is -0.444 e. The van der Waals surface area contributed by atoms with E-state index in [1.54, 1.807) is 0 Å². The molecular weight excluding hydrogens is 358 g/mol. The normalized spacial score (nSPS) is 17.4. The molecule has 1 unspecified atom stereocenters. The minimum absolute atomic E-state index is 0.240. The van der Waals surface area contributed by atoms with Gasteiger partial charge in [-0.1, -0.05) is 21.9 Å². The number of rotatable bonds is 1. The molecule has 0 aromatic heterocycles. The highest BCUT2D eigenvalue weighted by atomic mass is 79.9. The van der Waals surface area contributed by atoms with E-state index in [0.29, 0.717) is 13.0 Å². The van der Waals surface area contributed by atoms with Crippen LogP contribution >= 0.6 is 15.9 Å². The summed E-state index contributed by atoms with van der Waals surface area (Å²) in [6, 6.07) is 6.91. The van der Waals surface area contributed by atoms with E-state index < -0.39 is 17.7 Å². The highest BCUT2D eigenvalue weighted by molar-refractivity contribution is 9.10. The van der Waals surface area contributed by atoms with Crippen molar-refractivity contribution in [3.05, 3.63) is 34.3 Å². The quantitative estimate of drug-likeness (QED) is 0.699. The van der Waals surface area contributed by atoms with Crippen molar-refractivity contribution in [3.63, 3.8) is 0 Å². The maximum Gasteiger partial charge on any atom is 0.410 e. The zero-order valence-corrected chi connectivity index (χ0v) is 15.1. The Morgan fingerprint density at radius 3 is 2.52 bits per heavy atom. The summed E-state index contributed by atoms with van der Waals surface area (Å²) in [4.78, 5) is 26.0. The third kappa shape index (κ3) is 5.11. The van der Waals surface area contributed by atoms with Gasteiger partial charge in [-0.15, -0.1) is 0 Å². The number of ketones is 1. The topological polar surface area (TPSA) is 46.6 Å². The van der Waals surface area contributed by atoms with Crippen LogP contribution in [0, 0.1) is 11.8 Å². The van der Waals surface area contributed by atoms with Gasteiger partial charge < -0.3 is 4.74 Å². The van der Waals surface area contributed by atoms with E-state index >= 15 is 0 Å². The molecule has 1 saturated heterocycles. The van der Waals surface area contributed by atoms with E-state index in [9.17, 15) is 9.59 Å². The first-order valence-electron chi connectivity index (χ1n) is 7.57. The zero-order valence-electron chi connectivity index (χ0n) is 13.6. The van der Waals surface area contributed by atoms with Crippen molar-refractivity contribution in [2.24, 2.45) is 0 Å². The Kier molecular flexibility index (Phi) is 5.48. The summed E-state index contributed by atoms with van der Waals surface area (Å²) in [5, 5.41) is 0. The van der Waals surface area contributed by atoms with Crippen molar-refractivity contribution in [2.75, 3.05) is 6.54 Å². The third-order valence-electron chi connectivity index (χ3n) is 3.36. The van der Waals surface area contributed by atoms with Gasteiger partial charge in [0.2, 0.25) is 5.78 Å². The number of amides is 1. The van der Waals surface area contributed by atoms with Crippen LogP contribution < -0.4 is 0 Å². The van der Waals surface area contributed by atoms with Gasteiger partial charge in [0.15, 0.2) is 0 Å². The number of halogens is 1. The van der Waals surface area contributed by atoms with Crippen LogP contribution in [0.5, 0.6) is 0 Å². The first-order valence-corrected chi connectivity index (χ1v) is 8.36. The first kappa shape index (κ1) is 17.6. The summed E-state index contributed by atoms with van der Waals surface area (Å²) in [6.45, 7) is 5.96. The van der Waals surface area contributed by atoms with Crippen molar-refractivity contribution < 1.29 is 14.3 Å². The SMILES string of the molecule is CC(C)(C)OC(=O)N1CCCC1C(=O)C#Cc1ccc(Br)cc1. The highest BCUT2D eigenvalue weighted by Gasteiger charge is 2.35. The fraction of sp³-hybridized carbons (Fsp3) is 0.444. The number of nitrogens with zero attached hydrogens (tertiary/aromatic N) is 1. The molecule has 0 spiro atoms. The Hall–Kier alpha value is -1.80. The summed E-state index contributed by atoms with van der Waals surface area (Å²) >= 11 is 3.35. The van der Waals surface area contributed by atoms with Gasteiger partial charge in [0.25, 0.3) is 0 Å². The second kappa shape index (κ2) is 7.18. The lowest BCUT2D eigenvalue weighted by molar-refractivity contribution is -0.117. The van der Waals surface area contributed by atoms with Crippen molar-refractivity contribution in [1.29, 1.82) is 0 Å². The van der Waals surface area contributed by atoms with Crippen LogP contribution in [0.15, 0.2) is 28.7 Å². The monoisotopic (exact) mass is 377 g/mol. The average Bonchev–Trinajstić information content (AvgIpc) is 2.94.